The molecule has 4 nitrogen and oxygen atoms in total. The second-order valence-electron chi connectivity index (χ2n) is 5.20. The van der Waals surface area contributed by atoms with E-state index in [-0.39, 0.29) is 11.6 Å². The van der Waals surface area contributed by atoms with Crippen molar-refractivity contribution in [3.63, 3.8) is 0 Å². The summed E-state index contributed by atoms with van der Waals surface area (Å²) in [6.07, 6.45) is 0. The Kier molecular flexibility index (Phi) is 4.35. The van der Waals surface area contributed by atoms with Crippen LogP contribution in [-0.4, -0.2) is 16.8 Å². The van der Waals surface area contributed by atoms with E-state index in [1.807, 2.05) is 14.0 Å². The van der Waals surface area contributed by atoms with Crippen molar-refractivity contribution in [3.05, 3.63) is 63.1 Å². The second-order valence-corrected chi connectivity index (χ2v) is 5.20. The summed E-state index contributed by atoms with van der Waals surface area (Å²) in [7, 11) is 1.91. The SMILES string of the molecule is CNC(Cn1nc(C)ccc1=O)c1ccc(C)cc1C. The summed E-state index contributed by atoms with van der Waals surface area (Å²) < 4.78 is 1.52. The molecule has 1 N–H and O–H groups in total. The summed E-state index contributed by atoms with van der Waals surface area (Å²) in [5.41, 5.74) is 4.45. The highest BCUT2D eigenvalue weighted by molar-refractivity contribution is 5.32. The zero-order valence-corrected chi connectivity index (χ0v) is 12.5. The lowest BCUT2D eigenvalue weighted by Crippen LogP contribution is -2.30. The molecule has 0 aliphatic carbocycles. The molecule has 0 amide bonds. The third kappa shape index (κ3) is 3.14. The van der Waals surface area contributed by atoms with Gasteiger partial charge < -0.3 is 5.32 Å². The number of aromatic nitrogens is 2. The zero-order chi connectivity index (χ0) is 14.7. The molecule has 4 heteroatoms. The van der Waals surface area contributed by atoms with Gasteiger partial charge in [0.2, 0.25) is 0 Å². The Morgan fingerprint density at radius 2 is 1.95 bits per heavy atom. The third-order valence-corrected chi connectivity index (χ3v) is 3.50. The fourth-order valence-electron chi connectivity index (χ4n) is 2.42. The van der Waals surface area contributed by atoms with Gasteiger partial charge in [0.25, 0.3) is 5.56 Å². The van der Waals surface area contributed by atoms with Crippen LogP contribution in [0.3, 0.4) is 0 Å². The van der Waals surface area contributed by atoms with Gasteiger partial charge >= 0.3 is 0 Å². The molecule has 0 aliphatic rings. The van der Waals surface area contributed by atoms with E-state index in [0.717, 1.165) is 5.69 Å². The van der Waals surface area contributed by atoms with E-state index in [1.54, 1.807) is 12.1 Å². The van der Waals surface area contributed by atoms with E-state index in [0.29, 0.717) is 6.54 Å². The van der Waals surface area contributed by atoms with E-state index >= 15 is 0 Å². The van der Waals surface area contributed by atoms with Crippen LogP contribution in [0, 0.1) is 20.8 Å². The van der Waals surface area contributed by atoms with Crippen LogP contribution in [0.25, 0.3) is 0 Å². The first-order valence-electron chi connectivity index (χ1n) is 6.80. The van der Waals surface area contributed by atoms with Gasteiger partial charge in [0.05, 0.1) is 18.3 Å². The Labute approximate surface area is 119 Å². The van der Waals surface area contributed by atoms with Crippen molar-refractivity contribution in [3.8, 4) is 0 Å². The number of aryl methyl sites for hydroxylation is 3. The first-order chi connectivity index (χ1) is 9.51. The lowest BCUT2D eigenvalue weighted by molar-refractivity contribution is 0.448. The number of nitrogens with one attached hydrogen (secondary N) is 1. The summed E-state index contributed by atoms with van der Waals surface area (Å²) in [6, 6.07) is 9.75. The summed E-state index contributed by atoms with van der Waals surface area (Å²) >= 11 is 0. The average molecular weight is 271 g/mol. The maximum absolute atomic E-state index is 11.9. The molecule has 106 valence electrons. The van der Waals surface area contributed by atoms with Crippen molar-refractivity contribution >= 4 is 0 Å². The highest BCUT2D eigenvalue weighted by Crippen LogP contribution is 2.19. The Bertz CT molecular complexity index is 661. The van der Waals surface area contributed by atoms with Crippen LogP contribution < -0.4 is 10.9 Å². The van der Waals surface area contributed by atoms with Crippen molar-refractivity contribution in [1.29, 1.82) is 0 Å². The van der Waals surface area contributed by atoms with Crippen molar-refractivity contribution in [1.82, 2.24) is 15.1 Å². The minimum Gasteiger partial charge on any atom is -0.311 e. The summed E-state index contributed by atoms with van der Waals surface area (Å²) in [4.78, 5) is 11.9. The van der Waals surface area contributed by atoms with Crippen molar-refractivity contribution in [2.75, 3.05) is 7.05 Å². The molecule has 1 aromatic heterocycles. The van der Waals surface area contributed by atoms with Gasteiger partial charge in [0.15, 0.2) is 0 Å². The maximum atomic E-state index is 11.9. The van der Waals surface area contributed by atoms with E-state index in [4.69, 9.17) is 0 Å². The summed E-state index contributed by atoms with van der Waals surface area (Å²) in [5, 5.41) is 7.57. The first kappa shape index (κ1) is 14.5. The summed E-state index contributed by atoms with van der Waals surface area (Å²) in [5.74, 6) is 0. The van der Waals surface area contributed by atoms with Gasteiger partial charge in [-0.05, 0) is 45.0 Å². The van der Waals surface area contributed by atoms with E-state index < -0.39 is 0 Å². The van der Waals surface area contributed by atoms with Crippen LogP contribution in [-0.2, 0) is 6.54 Å². The smallest absolute Gasteiger partial charge is 0.266 e. The molecule has 2 rings (SSSR count). The molecular weight excluding hydrogens is 250 g/mol. The number of benzene rings is 1. The van der Waals surface area contributed by atoms with Crippen LogP contribution in [0.1, 0.15) is 28.4 Å². The Morgan fingerprint density at radius 1 is 1.20 bits per heavy atom. The van der Waals surface area contributed by atoms with Crippen molar-refractivity contribution in [2.45, 2.75) is 33.4 Å². The van der Waals surface area contributed by atoms with E-state index in [9.17, 15) is 4.79 Å². The molecule has 0 saturated heterocycles. The van der Waals surface area contributed by atoms with E-state index in [2.05, 4.69) is 42.5 Å². The molecule has 1 atom stereocenters. The quantitative estimate of drug-likeness (QED) is 0.926. The van der Waals surface area contributed by atoms with Crippen LogP contribution in [0.2, 0.25) is 0 Å². The zero-order valence-electron chi connectivity index (χ0n) is 12.5. The van der Waals surface area contributed by atoms with Gasteiger partial charge in [-0.3, -0.25) is 4.79 Å². The highest BCUT2D eigenvalue weighted by atomic mass is 16.1. The fraction of sp³-hybridized carbons (Fsp3) is 0.375. The van der Waals surface area contributed by atoms with Gasteiger partial charge in [-0.15, -0.1) is 0 Å². The largest absolute Gasteiger partial charge is 0.311 e. The van der Waals surface area contributed by atoms with Gasteiger partial charge in [-0.2, -0.15) is 5.10 Å². The molecule has 0 spiro atoms. The molecule has 0 radical (unpaired) electrons. The lowest BCUT2D eigenvalue weighted by Gasteiger charge is -2.20. The molecular formula is C16H21N3O. The third-order valence-electron chi connectivity index (χ3n) is 3.50. The van der Waals surface area contributed by atoms with Crippen LogP contribution in [0.4, 0.5) is 0 Å². The maximum Gasteiger partial charge on any atom is 0.266 e. The molecule has 0 bridgehead atoms. The minimum absolute atomic E-state index is 0.0689. The molecule has 1 aromatic carbocycles. The van der Waals surface area contributed by atoms with Gasteiger partial charge in [-0.1, -0.05) is 23.8 Å². The fourth-order valence-corrected chi connectivity index (χ4v) is 2.42. The number of rotatable bonds is 4. The molecule has 1 unspecified atom stereocenters. The summed E-state index contributed by atoms with van der Waals surface area (Å²) in [6.45, 7) is 6.60. The number of nitrogens with zero attached hydrogens (tertiary/aromatic N) is 2. The highest BCUT2D eigenvalue weighted by Gasteiger charge is 2.14. The van der Waals surface area contributed by atoms with E-state index in [1.165, 1.54) is 21.4 Å². The average Bonchev–Trinajstić information content (AvgIpc) is 2.40. The molecule has 0 aliphatic heterocycles. The topological polar surface area (TPSA) is 46.9 Å². The first-order valence-corrected chi connectivity index (χ1v) is 6.80. The monoisotopic (exact) mass is 271 g/mol. The molecule has 0 fully saturated rings. The van der Waals surface area contributed by atoms with Crippen LogP contribution in [0.15, 0.2) is 35.1 Å². The molecule has 2 aromatic rings. The number of hydrogen-bond donors (Lipinski definition) is 1. The Morgan fingerprint density at radius 3 is 2.60 bits per heavy atom. The molecule has 0 saturated carbocycles. The Hall–Kier alpha value is -1.94. The normalized spacial score (nSPS) is 12.4. The van der Waals surface area contributed by atoms with Gasteiger partial charge in [0, 0.05) is 6.07 Å². The minimum atomic E-state index is -0.0689. The second kappa shape index (κ2) is 6.01. The predicted octanol–water partition coefficient (Wildman–Crippen LogP) is 2.13. The molecule has 20 heavy (non-hydrogen) atoms. The predicted molar refractivity (Wildman–Crippen MR) is 81.0 cm³/mol. The Balaban J connectivity index is 2.33. The lowest BCUT2D eigenvalue weighted by atomic mass is 9.99. The number of hydrogen-bond acceptors (Lipinski definition) is 3. The van der Waals surface area contributed by atoms with Crippen molar-refractivity contribution in [2.24, 2.45) is 0 Å². The standard InChI is InChI=1S/C16H21N3O/c1-11-5-7-14(12(2)9-11)15(17-4)10-19-16(20)8-6-13(3)18-19/h5-9,15,17H,10H2,1-4H3. The van der Waals surface area contributed by atoms with Gasteiger partial charge in [-0.25, -0.2) is 4.68 Å². The van der Waals surface area contributed by atoms with Crippen molar-refractivity contribution < 1.29 is 0 Å². The van der Waals surface area contributed by atoms with Crippen LogP contribution in [0.5, 0.6) is 0 Å². The van der Waals surface area contributed by atoms with Gasteiger partial charge in [0.1, 0.15) is 0 Å². The molecule has 1 heterocycles. The number of likely N-dealkylation sites (N-methyl/N-ethyl adjacent to an activating group) is 1. The van der Waals surface area contributed by atoms with Crippen LogP contribution >= 0.6 is 0 Å².